The van der Waals surface area contributed by atoms with Crippen LogP contribution in [0.3, 0.4) is 0 Å². The van der Waals surface area contributed by atoms with Gasteiger partial charge in [-0.25, -0.2) is 4.57 Å². The summed E-state index contributed by atoms with van der Waals surface area (Å²) < 4.78 is 24.6. The average molecular weight is 258 g/mol. The SMILES string of the molecule is CCO[C@@H]1O[C@H](COP(=O)(O)O)[C@@H](O)[C@H]1O. The number of hydrogen-bond acceptors (Lipinski definition) is 6. The van der Waals surface area contributed by atoms with E-state index in [0.717, 1.165) is 0 Å². The van der Waals surface area contributed by atoms with Crippen molar-refractivity contribution in [2.24, 2.45) is 0 Å². The molecule has 4 atom stereocenters. The zero-order valence-corrected chi connectivity index (χ0v) is 9.49. The summed E-state index contributed by atoms with van der Waals surface area (Å²) in [6, 6.07) is 0. The quantitative estimate of drug-likeness (QED) is 0.443. The third kappa shape index (κ3) is 3.76. The van der Waals surface area contributed by atoms with Crippen molar-refractivity contribution in [3.63, 3.8) is 0 Å². The highest BCUT2D eigenvalue weighted by Gasteiger charge is 2.44. The molecule has 1 heterocycles. The molecule has 1 rings (SSSR count). The van der Waals surface area contributed by atoms with Gasteiger partial charge < -0.3 is 29.5 Å². The molecule has 16 heavy (non-hydrogen) atoms. The van der Waals surface area contributed by atoms with E-state index in [1.165, 1.54) is 0 Å². The molecule has 9 heteroatoms. The first-order valence-electron chi connectivity index (χ1n) is 4.68. The van der Waals surface area contributed by atoms with E-state index in [1.54, 1.807) is 6.92 Å². The Balaban J connectivity index is 2.47. The maximum absolute atomic E-state index is 10.4. The smallest absolute Gasteiger partial charge is 0.387 e. The minimum absolute atomic E-state index is 0.278. The topological polar surface area (TPSA) is 126 Å². The Bertz CT molecular complexity index is 265. The first-order valence-corrected chi connectivity index (χ1v) is 6.21. The van der Waals surface area contributed by atoms with Crippen LogP contribution in [0, 0.1) is 0 Å². The second kappa shape index (κ2) is 5.52. The fourth-order valence-electron chi connectivity index (χ4n) is 1.32. The number of phosphoric acid groups is 1. The molecule has 1 aliphatic heterocycles. The second-order valence-corrected chi connectivity index (χ2v) is 4.51. The third-order valence-electron chi connectivity index (χ3n) is 2.06. The van der Waals surface area contributed by atoms with Gasteiger partial charge in [0.25, 0.3) is 0 Å². The van der Waals surface area contributed by atoms with Crippen LogP contribution in [0.5, 0.6) is 0 Å². The molecular formula is C7H15O8P. The lowest BCUT2D eigenvalue weighted by atomic mass is 10.1. The van der Waals surface area contributed by atoms with Gasteiger partial charge in [-0.2, -0.15) is 0 Å². The molecule has 4 N–H and O–H groups in total. The summed E-state index contributed by atoms with van der Waals surface area (Å²) in [6.45, 7) is 1.44. The highest BCUT2D eigenvalue weighted by molar-refractivity contribution is 7.46. The van der Waals surface area contributed by atoms with E-state index in [4.69, 9.17) is 19.3 Å². The zero-order chi connectivity index (χ0) is 12.3. The van der Waals surface area contributed by atoms with Gasteiger partial charge in [-0.1, -0.05) is 0 Å². The molecule has 0 aromatic carbocycles. The van der Waals surface area contributed by atoms with Crippen molar-refractivity contribution >= 4 is 7.82 Å². The minimum Gasteiger partial charge on any atom is -0.387 e. The van der Waals surface area contributed by atoms with Gasteiger partial charge in [0.05, 0.1) is 6.61 Å². The molecule has 0 aromatic rings. The number of aliphatic hydroxyl groups excluding tert-OH is 2. The van der Waals surface area contributed by atoms with Gasteiger partial charge in [0, 0.05) is 6.61 Å². The molecule has 1 fully saturated rings. The Morgan fingerprint density at radius 2 is 1.94 bits per heavy atom. The lowest BCUT2D eigenvalue weighted by Crippen LogP contribution is -2.34. The van der Waals surface area contributed by atoms with Gasteiger partial charge in [0.15, 0.2) is 6.29 Å². The van der Waals surface area contributed by atoms with Crippen LogP contribution in [-0.2, 0) is 18.6 Å². The van der Waals surface area contributed by atoms with Crippen LogP contribution in [0.15, 0.2) is 0 Å². The van der Waals surface area contributed by atoms with Crippen molar-refractivity contribution in [2.45, 2.75) is 31.5 Å². The first-order chi connectivity index (χ1) is 7.35. The lowest BCUT2D eigenvalue weighted by molar-refractivity contribution is -0.166. The van der Waals surface area contributed by atoms with E-state index in [0.29, 0.717) is 0 Å². The van der Waals surface area contributed by atoms with Crippen LogP contribution >= 0.6 is 7.82 Å². The Labute approximate surface area is 92.0 Å². The molecule has 0 unspecified atom stereocenters. The predicted molar refractivity (Wildman–Crippen MR) is 50.3 cm³/mol. The summed E-state index contributed by atoms with van der Waals surface area (Å²) in [5.74, 6) is 0. The summed E-state index contributed by atoms with van der Waals surface area (Å²) >= 11 is 0. The van der Waals surface area contributed by atoms with Crippen molar-refractivity contribution in [3.8, 4) is 0 Å². The monoisotopic (exact) mass is 258 g/mol. The maximum atomic E-state index is 10.4. The molecule has 0 amide bonds. The maximum Gasteiger partial charge on any atom is 0.469 e. The summed E-state index contributed by atoms with van der Waals surface area (Å²) in [4.78, 5) is 16.9. The van der Waals surface area contributed by atoms with Crippen LogP contribution in [-0.4, -0.2) is 57.8 Å². The van der Waals surface area contributed by atoms with Gasteiger partial charge in [0.2, 0.25) is 0 Å². The molecule has 1 saturated heterocycles. The van der Waals surface area contributed by atoms with E-state index < -0.39 is 39.0 Å². The van der Waals surface area contributed by atoms with Gasteiger partial charge in [-0.05, 0) is 6.92 Å². The van der Waals surface area contributed by atoms with E-state index in [1.807, 2.05) is 0 Å². The highest BCUT2D eigenvalue weighted by Crippen LogP contribution is 2.37. The molecule has 0 spiro atoms. The first kappa shape index (κ1) is 14.0. The molecule has 0 saturated carbocycles. The van der Waals surface area contributed by atoms with Gasteiger partial charge in [-0.3, -0.25) is 4.52 Å². The molecule has 0 radical (unpaired) electrons. The van der Waals surface area contributed by atoms with Crippen LogP contribution in [0.4, 0.5) is 0 Å². The van der Waals surface area contributed by atoms with Crippen LogP contribution in [0.25, 0.3) is 0 Å². The number of hydrogen-bond donors (Lipinski definition) is 4. The molecule has 0 aliphatic carbocycles. The van der Waals surface area contributed by atoms with Crippen LogP contribution < -0.4 is 0 Å². The summed E-state index contributed by atoms with van der Waals surface area (Å²) in [7, 11) is -4.61. The Morgan fingerprint density at radius 1 is 1.31 bits per heavy atom. The van der Waals surface area contributed by atoms with E-state index in [9.17, 15) is 14.8 Å². The van der Waals surface area contributed by atoms with Crippen molar-refractivity contribution < 1.29 is 38.6 Å². The van der Waals surface area contributed by atoms with Crippen molar-refractivity contribution in [1.29, 1.82) is 0 Å². The zero-order valence-electron chi connectivity index (χ0n) is 8.59. The van der Waals surface area contributed by atoms with Crippen LogP contribution in [0.1, 0.15) is 6.92 Å². The fraction of sp³-hybridized carbons (Fsp3) is 1.00. The molecule has 96 valence electrons. The molecule has 0 bridgehead atoms. The van der Waals surface area contributed by atoms with Gasteiger partial charge in [-0.15, -0.1) is 0 Å². The van der Waals surface area contributed by atoms with Crippen molar-refractivity contribution in [3.05, 3.63) is 0 Å². The normalized spacial score (nSPS) is 35.6. The average Bonchev–Trinajstić information content (AvgIpc) is 2.43. The summed E-state index contributed by atoms with van der Waals surface area (Å²) in [5.41, 5.74) is 0. The fourth-order valence-corrected chi connectivity index (χ4v) is 1.67. The van der Waals surface area contributed by atoms with Gasteiger partial charge >= 0.3 is 7.82 Å². The Kier molecular flexibility index (Phi) is 4.84. The number of phosphoric ester groups is 1. The summed E-state index contributed by atoms with van der Waals surface area (Å²) in [6.07, 6.45) is -4.60. The summed E-state index contributed by atoms with van der Waals surface area (Å²) in [5, 5.41) is 18.9. The number of aliphatic hydroxyl groups is 2. The van der Waals surface area contributed by atoms with Crippen molar-refractivity contribution in [1.82, 2.24) is 0 Å². The van der Waals surface area contributed by atoms with Crippen LogP contribution in [0.2, 0.25) is 0 Å². The largest absolute Gasteiger partial charge is 0.469 e. The molecule has 8 nitrogen and oxygen atoms in total. The third-order valence-corrected chi connectivity index (χ3v) is 2.54. The number of rotatable bonds is 5. The van der Waals surface area contributed by atoms with E-state index in [2.05, 4.69) is 4.52 Å². The Hall–Kier alpha value is -0.0500. The predicted octanol–water partition coefficient (Wildman–Crippen LogP) is -1.42. The second-order valence-electron chi connectivity index (χ2n) is 3.27. The van der Waals surface area contributed by atoms with Gasteiger partial charge in [0.1, 0.15) is 18.3 Å². The van der Waals surface area contributed by atoms with E-state index in [-0.39, 0.29) is 6.61 Å². The lowest BCUT2D eigenvalue weighted by Gasteiger charge is -2.14. The van der Waals surface area contributed by atoms with E-state index >= 15 is 0 Å². The minimum atomic E-state index is -4.61. The molecule has 0 aromatic heterocycles. The standard InChI is InChI=1S/C7H15O8P/c1-2-13-7-6(9)5(8)4(15-7)3-14-16(10,11)12/h4-9H,2-3H2,1H3,(H2,10,11,12)/t4-,5-,6-,7-/m1/s1. The Morgan fingerprint density at radius 3 is 2.44 bits per heavy atom. The molecular weight excluding hydrogens is 243 g/mol. The molecule has 1 aliphatic rings. The number of ether oxygens (including phenoxy) is 2. The van der Waals surface area contributed by atoms with Crippen molar-refractivity contribution in [2.75, 3.05) is 13.2 Å². The highest BCUT2D eigenvalue weighted by atomic mass is 31.2.